The van der Waals surface area contributed by atoms with Gasteiger partial charge < -0.3 is 10.5 Å². The molecule has 2 heteroatoms. The Labute approximate surface area is 75.5 Å². The van der Waals surface area contributed by atoms with Crippen LogP contribution in [0.1, 0.15) is 45.4 Å². The number of hydrogen-bond donors (Lipinski definition) is 1. The molecule has 1 rings (SSSR count). The number of ether oxygens (including phenoxy) is 1. The van der Waals surface area contributed by atoms with Gasteiger partial charge in [-0.2, -0.15) is 0 Å². The summed E-state index contributed by atoms with van der Waals surface area (Å²) in [6.07, 6.45) is 8.43. The predicted molar refractivity (Wildman–Crippen MR) is 51.1 cm³/mol. The second-order valence-corrected chi connectivity index (χ2v) is 3.92. The topological polar surface area (TPSA) is 35.2 Å². The van der Waals surface area contributed by atoms with Crippen molar-refractivity contribution in [2.75, 3.05) is 6.61 Å². The van der Waals surface area contributed by atoms with E-state index in [1.165, 1.54) is 38.5 Å². The zero-order valence-corrected chi connectivity index (χ0v) is 8.09. The summed E-state index contributed by atoms with van der Waals surface area (Å²) in [7, 11) is 0. The summed E-state index contributed by atoms with van der Waals surface area (Å²) in [5.74, 6) is 0. The summed E-state index contributed by atoms with van der Waals surface area (Å²) >= 11 is 0. The molecule has 1 aliphatic rings. The minimum atomic E-state index is 0.188. The fourth-order valence-electron chi connectivity index (χ4n) is 1.70. The zero-order chi connectivity index (χ0) is 8.81. The van der Waals surface area contributed by atoms with Gasteiger partial charge in [-0.15, -0.1) is 0 Å². The molecule has 0 heterocycles. The Kier molecular flexibility index (Phi) is 4.62. The Balaban J connectivity index is 2.12. The van der Waals surface area contributed by atoms with Crippen molar-refractivity contribution in [1.82, 2.24) is 0 Å². The number of nitrogens with two attached hydrogens (primary N) is 1. The molecule has 0 bridgehead atoms. The first-order valence-electron chi connectivity index (χ1n) is 5.16. The van der Waals surface area contributed by atoms with Crippen molar-refractivity contribution >= 4 is 0 Å². The standard InChI is InChI=1S/C10H21NO/c1-9(11)8-12-10-6-4-2-3-5-7-10/h9-10H,2-8,11H2,1H3. The minimum Gasteiger partial charge on any atom is -0.377 e. The molecule has 72 valence electrons. The van der Waals surface area contributed by atoms with E-state index < -0.39 is 0 Å². The van der Waals surface area contributed by atoms with Crippen molar-refractivity contribution in [3.63, 3.8) is 0 Å². The molecular formula is C10H21NO. The van der Waals surface area contributed by atoms with Crippen LogP contribution in [-0.4, -0.2) is 18.8 Å². The minimum absolute atomic E-state index is 0.188. The monoisotopic (exact) mass is 171 g/mol. The van der Waals surface area contributed by atoms with E-state index in [0.29, 0.717) is 6.10 Å². The molecule has 0 aromatic carbocycles. The summed E-state index contributed by atoms with van der Waals surface area (Å²) in [5.41, 5.74) is 5.62. The van der Waals surface area contributed by atoms with E-state index in [4.69, 9.17) is 10.5 Å². The first-order valence-corrected chi connectivity index (χ1v) is 5.16. The van der Waals surface area contributed by atoms with Gasteiger partial charge >= 0.3 is 0 Å². The van der Waals surface area contributed by atoms with Crippen molar-refractivity contribution in [3.05, 3.63) is 0 Å². The van der Waals surface area contributed by atoms with Crippen molar-refractivity contribution in [2.24, 2.45) is 5.73 Å². The van der Waals surface area contributed by atoms with E-state index in [2.05, 4.69) is 0 Å². The van der Waals surface area contributed by atoms with E-state index in [9.17, 15) is 0 Å². The third-order valence-electron chi connectivity index (χ3n) is 2.40. The molecule has 12 heavy (non-hydrogen) atoms. The van der Waals surface area contributed by atoms with Gasteiger partial charge in [0.25, 0.3) is 0 Å². The summed E-state index contributed by atoms with van der Waals surface area (Å²) in [4.78, 5) is 0. The van der Waals surface area contributed by atoms with Gasteiger partial charge in [-0.25, -0.2) is 0 Å². The molecule has 0 spiro atoms. The first kappa shape index (κ1) is 10.0. The van der Waals surface area contributed by atoms with Crippen LogP contribution in [-0.2, 0) is 4.74 Å². The Hall–Kier alpha value is -0.0800. The maximum Gasteiger partial charge on any atom is 0.0618 e. The van der Waals surface area contributed by atoms with Gasteiger partial charge in [-0.3, -0.25) is 0 Å². The van der Waals surface area contributed by atoms with Gasteiger partial charge in [0.1, 0.15) is 0 Å². The highest BCUT2D eigenvalue weighted by atomic mass is 16.5. The van der Waals surface area contributed by atoms with Gasteiger partial charge in [0.05, 0.1) is 12.7 Å². The zero-order valence-electron chi connectivity index (χ0n) is 8.09. The normalized spacial score (nSPS) is 23.5. The molecule has 0 amide bonds. The fourth-order valence-corrected chi connectivity index (χ4v) is 1.70. The molecule has 0 aromatic rings. The Morgan fingerprint density at radius 3 is 2.33 bits per heavy atom. The summed E-state index contributed by atoms with van der Waals surface area (Å²) in [5, 5.41) is 0. The van der Waals surface area contributed by atoms with E-state index in [1.807, 2.05) is 6.92 Å². The summed E-state index contributed by atoms with van der Waals surface area (Å²) in [6.45, 7) is 2.72. The predicted octanol–water partition coefficient (Wildman–Crippen LogP) is 2.07. The van der Waals surface area contributed by atoms with Crippen LogP contribution in [0.4, 0.5) is 0 Å². The molecule has 0 aliphatic heterocycles. The summed E-state index contributed by atoms with van der Waals surface area (Å²) < 4.78 is 5.70. The Bertz CT molecular complexity index is 106. The highest BCUT2D eigenvalue weighted by Gasteiger charge is 2.12. The van der Waals surface area contributed by atoms with Crippen LogP contribution in [0, 0.1) is 0 Å². The second-order valence-electron chi connectivity index (χ2n) is 3.92. The summed E-state index contributed by atoms with van der Waals surface area (Å²) in [6, 6.07) is 0.188. The average molecular weight is 171 g/mol. The third-order valence-corrected chi connectivity index (χ3v) is 2.40. The van der Waals surface area contributed by atoms with Crippen LogP contribution in [0.25, 0.3) is 0 Å². The smallest absolute Gasteiger partial charge is 0.0618 e. The lowest BCUT2D eigenvalue weighted by atomic mass is 10.1. The average Bonchev–Trinajstić information content (AvgIpc) is 2.28. The largest absolute Gasteiger partial charge is 0.377 e. The van der Waals surface area contributed by atoms with Crippen molar-refractivity contribution in [2.45, 2.75) is 57.6 Å². The molecule has 1 aliphatic carbocycles. The lowest BCUT2D eigenvalue weighted by Gasteiger charge is -2.16. The van der Waals surface area contributed by atoms with Gasteiger partial charge in [0.2, 0.25) is 0 Å². The second kappa shape index (κ2) is 5.55. The van der Waals surface area contributed by atoms with E-state index in [-0.39, 0.29) is 6.04 Å². The molecular weight excluding hydrogens is 150 g/mol. The molecule has 0 aromatic heterocycles. The fraction of sp³-hybridized carbons (Fsp3) is 1.00. The van der Waals surface area contributed by atoms with Crippen molar-refractivity contribution in [3.8, 4) is 0 Å². The van der Waals surface area contributed by atoms with E-state index in [1.54, 1.807) is 0 Å². The lowest BCUT2D eigenvalue weighted by Crippen LogP contribution is -2.25. The van der Waals surface area contributed by atoms with Gasteiger partial charge in [0, 0.05) is 6.04 Å². The molecule has 1 fully saturated rings. The van der Waals surface area contributed by atoms with Crippen LogP contribution < -0.4 is 5.73 Å². The van der Waals surface area contributed by atoms with Crippen LogP contribution in [0.15, 0.2) is 0 Å². The first-order chi connectivity index (χ1) is 5.79. The Morgan fingerprint density at radius 2 is 1.83 bits per heavy atom. The molecule has 2 N–H and O–H groups in total. The molecule has 0 radical (unpaired) electrons. The maximum absolute atomic E-state index is 5.70. The Morgan fingerprint density at radius 1 is 1.25 bits per heavy atom. The van der Waals surface area contributed by atoms with Crippen molar-refractivity contribution in [1.29, 1.82) is 0 Å². The van der Waals surface area contributed by atoms with E-state index >= 15 is 0 Å². The number of hydrogen-bond acceptors (Lipinski definition) is 2. The van der Waals surface area contributed by atoms with Crippen molar-refractivity contribution < 1.29 is 4.74 Å². The van der Waals surface area contributed by atoms with Crippen LogP contribution in [0.2, 0.25) is 0 Å². The molecule has 0 saturated heterocycles. The van der Waals surface area contributed by atoms with E-state index in [0.717, 1.165) is 6.61 Å². The van der Waals surface area contributed by atoms with Gasteiger partial charge in [-0.05, 0) is 19.8 Å². The highest BCUT2D eigenvalue weighted by Crippen LogP contribution is 2.19. The van der Waals surface area contributed by atoms with Gasteiger partial charge in [0.15, 0.2) is 0 Å². The van der Waals surface area contributed by atoms with Crippen LogP contribution in [0.5, 0.6) is 0 Å². The van der Waals surface area contributed by atoms with Crippen LogP contribution in [0.3, 0.4) is 0 Å². The lowest BCUT2D eigenvalue weighted by molar-refractivity contribution is 0.0370. The maximum atomic E-state index is 5.70. The van der Waals surface area contributed by atoms with Gasteiger partial charge in [-0.1, -0.05) is 25.7 Å². The quantitative estimate of drug-likeness (QED) is 0.660. The molecule has 1 unspecified atom stereocenters. The third kappa shape index (κ3) is 4.07. The molecule has 2 nitrogen and oxygen atoms in total. The van der Waals surface area contributed by atoms with Crippen LogP contribution >= 0.6 is 0 Å². The SMILES string of the molecule is CC(N)COC1CCCCCC1. The highest BCUT2D eigenvalue weighted by molar-refractivity contribution is 4.64. The number of rotatable bonds is 3. The molecule has 1 atom stereocenters. The molecule has 1 saturated carbocycles.